The third kappa shape index (κ3) is 5.82. The molecule has 1 aliphatic rings. The van der Waals surface area contributed by atoms with Crippen LogP contribution in [0.3, 0.4) is 0 Å². The highest BCUT2D eigenvalue weighted by atomic mass is 35.5. The zero-order valence-corrected chi connectivity index (χ0v) is 17.9. The predicted octanol–water partition coefficient (Wildman–Crippen LogP) is 4.96. The number of rotatable bonds is 4. The molecule has 156 valence electrons. The first kappa shape index (κ1) is 21.8. The minimum absolute atomic E-state index is 0.198. The lowest BCUT2D eigenvalue weighted by Gasteiger charge is -2.31. The molecule has 1 N–H and O–H groups in total. The average Bonchev–Trinajstić information content (AvgIpc) is 2.86. The van der Waals surface area contributed by atoms with Crippen LogP contribution < -0.4 is 5.32 Å². The van der Waals surface area contributed by atoms with Gasteiger partial charge in [-0.2, -0.15) is 0 Å². The number of carbonyl (C=O) groups is 1. The van der Waals surface area contributed by atoms with Crippen LogP contribution in [0.1, 0.15) is 29.2 Å². The Kier molecular flexibility index (Phi) is 7.35. The Balaban J connectivity index is 1.73. The van der Waals surface area contributed by atoms with E-state index in [2.05, 4.69) is 5.32 Å². The molecular formula is C21H24Cl2FN3O2. The van der Waals surface area contributed by atoms with Gasteiger partial charge in [-0.15, -0.1) is 5.06 Å². The van der Waals surface area contributed by atoms with Gasteiger partial charge in [-0.3, -0.25) is 0 Å². The summed E-state index contributed by atoms with van der Waals surface area (Å²) in [5.74, 6) is -0.281. The van der Waals surface area contributed by atoms with Crippen LogP contribution in [0.4, 0.5) is 9.18 Å². The van der Waals surface area contributed by atoms with Crippen molar-refractivity contribution in [3.63, 3.8) is 0 Å². The van der Waals surface area contributed by atoms with E-state index in [-0.39, 0.29) is 11.9 Å². The summed E-state index contributed by atoms with van der Waals surface area (Å²) in [4.78, 5) is 19.9. The number of halogens is 3. The Bertz CT molecular complexity index is 861. The molecule has 1 amide bonds. The first-order valence-corrected chi connectivity index (χ1v) is 10.2. The summed E-state index contributed by atoms with van der Waals surface area (Å²) in [5, 5.41) is 6.06. The van der Waals surface area contributed by atoms with Crippen molar-refractivity contribution in [2.75, 3.05) is 26.7 Å². The van der Waals surface area contributed by atoms with Gasteiger partial charge >= 0.3 is 6.09 Å². The fourth-order valence-electron chi connectivity index (χ4n) is 3.45. The molecule has 0 aliphatic carbocycles. The van der Waals surface area contributed by atoms with Gasteiger partial charge in [-0.25, -0.2) is 9.18 Å². The van der Waals surface area contributed by atoms with Crippen LogP contribution in [0.2, 0.25) is 10.0 Å². The first-order valence-electron chi connectivity index (χ1n) is 9.45. The monoisotopic (exact) mass is 439 g/mol. The number of carbonyl (C=O) groups excluding carboxylic acids is 1. The van der Waals surface area contributed by atoms with Crippen LogP contribution in [0, 0.1) is 12.7 Å². The van der Waals surface area contributed by atoms with Crippen molar-refractivity contribution in [3.05, 3.63) is 69.0 Å². The molecule has 1 fully saturated rings. The van der Waals surface area contributed by atoms with Crippen LogP contribution in [0.15, 0.2) is 36.4 Å². The standard InChI is InChI=1S/C21H24Cl2FN3O2/c1-14-8-18(24)4-5-19(14)20-12-25-6-3-7-27(20)29-21(28)26(2)13-15-9-16(22)11-17(23)10-15/h4-5,8-11,20,25H,3,6-7,12-13H2,1-2H3/t20-/m1/s1. The van der Waals surface area contributed by atoms with Crippen LogP contribution >= 0.6 is 23.2 Å². The number of hydrogen-bond acceptors (Lipinski definition) is 4. The van der Waals surface area contributed by atoms with E-state index < -0.39 is 6.09 Å². The predicted molar refractivity (Wildman–Crippen MR) is 112 cm³/mol. The number of nitrogens with one attached hydrogen (secondary N) is 1. The molecule has 29 heavy (non-hydrogen) atoms. The number of nitrogens with zero attached hydrogens (tertiary/aromatic N) is 2. The molecule has 0 radical (unpaired) electrons. The molecule has 3 rings (SSSR count). The zero-order chi connectivity index (χ0) is 21.0. The number of hydroxylamine groups is 2. The van der Waals surface area contributed by atoms with Gasteiger partial charge in [0, 0.05) is 36.7 Å². The zero-order valence-electron chi connectivity index (χ0n) is 16.4. The summed E-state index contributed by atoms with van der Waals surface area (Å²) in [7, 11) is 1.66. The van der Waals surface area contributed by atoms with Crippen LogP contribution in [-0.2, 0) is 11.4 Å². The van der Waals surface area contributed by atoms with Crippen molar-refractivity contribution in [1.29, 1.82) is 0 Å². The Morgan fingerprint density at radius 2 is 2.00 bits per heavy atom. The Hall–Kier alpha value is -1.86. The molecule has 0 saturated carbocycles. The van der Waals surface area contributed by atoms with Crippen molar-refractivity contribution in [2.24, 2.45) is 0 Å². The highest BCUT2D eigenvalue weighted by molar-refractivity contribution is 6.34. The SMILES string of the molecule is Cc1cc(F)ccc1[C@H]1CNCCCN1OC(=O)N(C)Cc1cc(Cl)cc(Cl)c1. The third-order valence-corrected chi connectivity index (χ3v) is 5.29. The van der Waals surface area contributed by atoms with E-state index in [0.717, 1.165) is 29.7 Å². The normalized spacial score (nSPS) is 17.6. The molecule has 2 aromatic rings. The van der Waals surface area contributed by atoms with Crippen LogP contribution in [0.5, 0.6) is 0 Å². The number of aryl methyl sites for hydroxylation is 1. The van der Waals surface area contributed by atoms with E-state index in [1.807, 2.05) is 6.92 Å². The van der Waals surface area contributed by atoms with Gasteiger partial charge in [-0.05, 0) is 66.9 Å². The van der Waals surface area contributed by atoms with Gasteiger partial charge in [0.15, 0.2) is 0 Å². The van der Waals surface area contributed by atoms with E-state index in [4.69, 9.17) is 28.0 Å². The fourth-order valence-corrected chi connectivity index (χ4v) is 4.03. The van der Waals surface area contributed by atoms with Gasteiger partial charge in [0.2, 0.25) is 0 Å². The topological polar surface area (TPSA) is 44.8 Å². The van der Waals surface area contributed by atoms with Gasteiger partial charge < -0.3 is 15.1 Å². The first-order chi connectivity index (χ1) is 13.8. The Morgan fingerprint density at radius 3 is 2.69 bits per heavy atom. The molecule has 0 spiro atoms. The van der Waals surface area contributed by atoms with Gasteiger partial charge in [-0.1, -0.05) is 29.3 Å². The molecule has 1 aliphatic heterocycles. The number of benzene rings is 2. The van der Waals surface area contributed by atoms with Crippen molar-refractivity contribution in [2.45, 2.75) is 25.9 Å². The van der Waals surface area contributed by atoms with Gasteiger partial charge in [0.05, 0.1) is 6.04 Å². The lowest BCUT2D eigenvalue weighted by Crippen LogP contribution is -2.39. The average molecular weight is 440 g/mol. The molecule has 2 aromatic carbocycles. The summed E-state index contributed by atoms with van der Waals surface area (Å²) < 4.78 is 13.5. The molecule has 8 heteroatoms. The molecule has 0 bridgehead atoms. The summed E-state index contributed by atoms with van der Waals surface area (Å²) in [6.07, 6.45) is 0.352. The van der Waals surface area contributed by atoms with Crippen molar-refractivity contribution in [1.82, 2.24) is 15.3 Å². The van der Waals surface area contributed by atoms with E-state index in [9.17, 15) is 9.18 Å². The highest BCUT2D eigenvalue weighted by Crippen LogP contribution is 2.27. The summed E-state index contributed by atoms with van der Waals surface area (Å²) >= 11 is 12.1. The van der Waals surface area contributed by atoms with Crippen molar-refractivity contribution >= 4 is 29.3 Å². The van der Waals surface area contributed by atoms with E-state index >= 15 is 0 Å². The molecule has 1 heterocycles. The molecular weight excluding hydrogens is 416 g/mol. The summed E-state index contributed by atoms with van der Waals surface area (Å²) in [6.45, 7) is 4.18. The minimum Gasteiger partial charge on any atom is -0.350 e. The third-order valence-electron chi connectivity index (χ3n) is 4.86. The largest absolute Gasteiger partial charge is 0.428 e. The number of amides is 1. The maximum atomic E-state index is 13.5. The molecule has 1 atom stereocenters. The lowest BCUT2D eigenvalue weighted by molar-refractivity contribution is -0.138. The summed E-state index contributed by atoms with van der Waals surface area (Å²) in [6, 6.07) is 9.65. The quantitative estimate of drug-likeness (QED) is 0.730. The second kappa shape index (κ2) is 9.76. The molecule has 5 nitrogen and oxygen atoms in total. The maximum absolute atomic E-state index is 13.5. The maximum Gasteiger partial charge on any atom is 0.428 e. The van der Waals surface area contributed by atoms with Crippen LogP contribution in [-0.4, -0.2) is 42.7 Å². The van der Waals surface area contributed by atoms with Crippen molar-refractivity contribution in [3.8, 4) is 0 Å². The van der Waals surface area contributed by atoms with Crippen LogP contribution in [0.25, 0.3) is 0 Å². The van der Waals surface area contributed by atoms with E-state index in [1.165, 1.54) is 17.0 Å². The smallest absolute Gasteiger partial charge is 0.350 e. The van der Waals surface area contributed by atoms with Gasteiger partial charge in [0.1, 0.15) is 5.82 Å². The molecule has 1 saturated heterocycles. The van der Waals surface area contributed by atoms with Gasteiger partial charge in [0.25, 0.3) is 0 Å². The molecule has 0 aromatic heterocycles. The summed E-state index contributed by atoms with van der Waals surface area (Å²) in [5.41, 5.74) is 2.56. The second-order valence-corrected chi connectivity index (χ2v) is 8.08. The molecule has 0 unspecified atom stereocenters. The van der Waals surface area contributed by atoms with Crippen molar-refractivity contribution < 1.29 is 14.0 Å². The Labute approximate surface area is 180 Å². The Morgan fingerprint density at radius 1 is 1.28 bits per heavy atom. The van der Waals surface area contributed by atoms with E-state index in [0.29, 0.717) is 29.7 Å². The highest BCUT2D eigenvalue weighted by Gasteiger charge is 2.28. The van der Waals surface area contributed by atoms with E-state index in [1.54, 1.807) is 36.4 Å². The fraction of sp³-hybridized carbons (Fsp3) is 0.381. The minimum atomic E-state index is -0.479. The number of hydrogen-bond donors (Lipinski definition) is 1. The second-order valence-electron chi connectivity index (χ2n) is 7.21. The lowest BCUT2D eigenvalue weighted by atomic mass is 10.0.